The molecule has 1 aromatic heterocycles. The van der Waals surface area contributed by atoms with Crippen molar-refractivity contribution in [3.63, 3.8) is 0 Å². The SMILES string of the molecule is Cc1ccccc1NC(c1cccs1)C1CC1. The molecule has 0 saturated heterocycles. The molecule has 0 amide bonds. The molecule has 1 aliphatic rings. The van der Waals surface area contributed by atoms with Crippen molar-refractivity contribution in [1.82, 2.24) is 0 Å². The van der Waals surface area contributed by atoms with Crippen molar-refractivity contribution in [2.24, 2.45) is 5.92 Å². The molecule has 17 heavy (non-hydrogen) atoms. The van der Waals surface area contributed by atoms with Crippen LogP contribution in [0, 0.1) is 12.8 Å². The third-order valence-electron chi connectivity index (χ3n) is 3.40. The fraction of sp³-hybridized carbons (Fsp3) is 0.333. The van der Waals surface area contributed by atoms with Crippen LogP contribution in [-0.4, -0.2) is 0 Å². The van der Waals surface area contributed by atoms with E-state index in [-0.39, 0.29) is 0 Å². The Morgan fingerprint density at radius 1 is 1.18 bits per heavy atom. The van der Waals surface area contributed by atoms with Gasteiger partial charge < -0.3 is 5.32 Å². The van der Waals surface area contributed by atoms with Gasteiger partial charge in [0.25, 0.3) is 0 Å². The summed E-state index contributed by atoms with van der Waals surface area (Å²) >= 11 is 1.86. The molecule has 0 radical (unpaired) electrons. The molecule has 1 aromatic carbocycles. The number of para-hydroxylation sites is 1. The van der Waals surface area contributed by atoms with E-state index in [1.807, 2.05) is 11.3 Å². The maximum atomic E-state index is 3.72. The van der Waals surface area contributed by atoms with Crippen LogP contribution in [0.3, 0.4) is 0 Å². The highest BCUT2D eigenvalue weighted by Crippen LogP contribution is 2.44. The van der Waals surface area contributed by atoms with Crippen LogP contribution < -0.4 is 5.32 Å². The molecule has 1 atom stereocenters. The summed E-state index contributed by atoms with van der Waals surface area (Å²) in [7, 11) is 0. The number of aryl methyl sites for hydroxylation is 1. The van der Waals surface area contributed by atoms with E-state index in [9.17, 15) is 0 Å². The highest BCUT2D eigenvalue weighted by molar-refractivity contribution is 7.10. The summed E-state index contributed by atoms with van der Waals surface area (Å²) in [6, 6.07) is 13.5. The molecule has 1 nitrogen and oxygen atoms in total. The van der Waals surface area contributed by atoms with Crippen LogP contribution in [0.5, 0.6) is 0 Å². The van der Waals surface area contributed by atoms with Gasteiger partial charge in [0.05, 0.1) is 6.04 Å². The lowest BCUT2D eigenvalue weighted by molar-refractivity contribution is 0.690. The van der Waals surface area contributed by atoms with E-state index in [4.69, 9.17) is 0 Å². The van der Waals surface area contributed by atoms with Crippen LogP contribution in [0.4, 0.5) is 5.69 Å². The maximum Gasteiger partial charge on any atom is 0.0634 e. The van der Waals surface area contributed by atoms with Crippen molar-refractivity contribution in [3.05, 3.63) is 52.2 Å². The third kappa shape index (κ3) is 2.37. The van der Waals surface area contributed by atoms with Gasteiger partial charge in [-0.2, -0.15) is 0 Å². The van der Waals surface area contributed by atoms with Crippen LogP contribution in [0.2, 0.25) is 0 Å². The Labute approximate surface area is 106 Å². The molecule has 2 heteroatoms. The van der Waals surface area contributed by atoms with Crippen LogP contribution in [0.1, 0.15) is 29.3 Å². The molecule has 1 unspecified atom stereocenters. The van der Waals surface area contributed by atoms with Gasteiger partial charge in [-0.1, -0.05) is 24.3 Å². The van der Waals surface area contributed by atoms with E-state index in [0.717, 1.165) is 5.92 Å². The largest absolute Gasteiger partial charge is 0.377 e. The van der Waals surface area contributed by atoms with E-state index < -0.39 is 0 Å². The minimum absolute atomic E-state index is 0.510. The second-order valence-corrected chi connectivity index (χ2v) is 5.77. The standard InChI is InChI=1S/C15H17NS/c1-11-5-2-3-6-13(11)16-15(12-8-9-12)14-7-4-10-17-14/h2-7,10,12,15-16H,8-9H2,1H3. The summed E-state index contributed by atoms with van der Waals surface area (Å²) in [6.07, 6.45) is 2.73. The Morgan fingerprint density at radius 2 is 2.00 bits per heavy atom. The average molecular weight is 243 g/mol. The summed E-state index contributed by atoms with van der Waals surface area (Å²) in [5.74, 6) is 0.827. The molecule has 2 aromatic rings. The fourth-order valence-electron chi connectivity index (χ4n) is 2.22. The predicted molar refractivity (Wildman–Crippen MR) is 74.6 cm³/mol. The van der Waals surface area contributed by atoms with Gasteiger partial charge in [0, 0.05) is 10.6 Å². The lowest BCUT2D eigenvalue weighted by Gasteiger charge is -2.19. The van der Waals surface area contributed by atoms with E-state index in [2.05, 4.69) is 54.0 Å². The quantitative estimate of drug-likeness (QED) is 0.826. The van der Waals surface area contributed by atoms with Gasteiger partial charge in [-0.05, 0) is 48.8 Å². The van der Waals surface area contributed by atoms with Crippen LogP contribution in [0.15, 0.2) is 41.8 Å². The summed E-state index contributed by atoms with van der Waals surface area (Å²) < 4.78 is 0. The van der Waals surface area contributed by atoms with E-state index >= 15 is 0 Å². The van der Waals surface area contributed by atoms with Gasteiger partial charge in [-0.3, -0.25) is 0 Å². The van der Waals surface area contributed by atoms with Gasteiger partial charge in [0.2, 0.25) is 0 Å². The minimum atomic E-state index is 0.510. The third-order valence-corrected chi connectivity index (χ3v) is 4.35. The Kier molecular flexibility index (Phi) is 2.89. The fourth-order valence-corrected chi connectivity index (χ4v) is 3.09. The normalized spacial score (nSPS) is 16.8. The molecule has 1 aliphatic carbocycles. The minimum Gasteiger partial charge on any atom is -0.377 e. The zero-order valence-corrected chi connectivity index (χ0v) is 10.8. The van der Waals surface area contributed by atoms with Crippen molar-refractivity contribution in [1.29, 1.82) is 0 Å². The summed E-state index contributed by atoms with van der Waals surface area (Å²) in [4.78, 5) is 1.47. The van der Waals surface area contributed by atoms with Crippen molar-refractivity contribution in [3.8, 4) is 0 Å². The van der Waals surface area contributed by atoms with E-state index in [1.54, 1.807) is 0 Å². The van der Waals surface area contributed by atoms with Crippen LogP contribution in [-0.2, 0) is 0 Å². The highest BCUT2D eigenvalue weighted by Gasteiger charge is 2.33. The molecule has 1 fully saturated rings. The Balaban J connectivity index is 1.84. The molecule has 3 rings (SSSR count). The van der Waals surface area contributed by atoms with Crippen molar-refractivity contribution in [2.45, 2.75) is 25.8 Å². The second-order valence-electron chi connectivity index (χ2n) is 4.79. The number of hydrogen-bond donors (Lipinski definition) is 1. The van der Waals surface area contributed by atoms with Gasteiger partial charge in [0.15, 0.2) is 0 Å². The van der Waals surface area contributed by atoms with Crippen molar-refractivity contribution >= 4 is 17.0 Å². The first-order valence-electron chi connectivity index (χ1n) is 6.20. The first-order valence-corrected chi connectivity index (χ1v) is 7.08. The average Bonchev–Trinajstić information content (AvgIpc) is 3.03. The topological polar surface area (TPSA) is 12.0 Å². The van der Waals surface area contributed by atoms with E-state index in [0.29, 0.717) is 6.04 Å². The van der Waals surface area contributed by atoms with Gasteiger partial charge in [-0.15, -0.1) is 11.3 Å². The molecule has 0 aliphatic heterocycles. The van der Waals surface area contributed by atoms with E-state index in [1.165, 1.54) is 29.0 Å². The molecule has 1 heterocycles. The molecule has 0 bridgehead atoms. The van der Waals surface area contributed by atoms with Crippen molar-refractivity contribution < 1.29 is 0 Å². The van der Waals surface area contributed by atoms with Crippen LogP contribution in [0.25, 0.3) is 0 Å². The molecule has 0 spiro atoms. The number of benzene rings is 1. The molecule has 1 N–H and O–H groups in total. The number of thiophene rings is 1. The predicted octanol–water partition coefficient (Wildman–Crippen LogP) is 4.62. The van der Waals surface area contributed by atoms with Gasteiger partial charge in [0.1, 0.15) is 0 Å². The molecular weight excluding hydrogens is 226 g/mol. The number of nitrogens with one attached hydrogen (secondary N) is 1. The monoisotopic (exact) mass is 243 g/mol. The second kappa shape index (κ2) is 4.53. The summed E-state index contributed by atoms with van der Waals surface area (Å²) in [5, 5.41) is 5.89. The lowest BCUT2D eigenvalue weighted by Crippen LogP contribution is -2.12. The zero-order valence-electron chi connectivity index (χ0n) is 10.0. The summed E-state index contributed by atoms with van der Waals surface area (Å²) in [5.41, 5.74) is 2.60. The number of hydrogen-bond acceptors (Lipinski definition) is 2. The number of anilines is 1. The van der Waals surface area contributed by atoms with Gasteiger partial charge in [-0.25, -0.2) is 0 Å². The Bertz CT molecular complexity index is 485. The Morgan fingerprint density at radius 3 is 2.65 bits per heavy atom. The molecule has 88 valence electrons. The van der Waals surface area contributed by atoms with Crippen molar-refractivity contribution in [2.75, 3.05) is 5.32 Å². The zero-order chi connectivity index (χ0) is 11.7. The molecule has 1 saturated carbocycles. The first-order chi connectivity index (χ1) is 8.34. The van der Waals surface area contributed by atoms with Gasteiger partial charge >= 0.3 is 0 Å². The highest BCUT2D eigenvalue weighted by atomic mass is 32.1. The molecular formula is C15H17NS. The lowest BCUT2D eigenvalue weighted by atomic mass is 10.1. The Hall–Kier alpha value is -1.28. The maximum absolute atomic E-state index is 3.72. The van der Waals surface area contributed by atoms with Crippen LogP contribution >= 0.6 is 11.3 Å². The number of rotatable bonds is 4. The first kappa shape index (κ1) is 10.8. The summed E-state index contributed by atoms with van der Waals surface area (Å²) in [6.45, 7) is 2.17. The smallest absolute Gasteiger partial charge is 0.0634 e.